The van der Waals surface area contributed by atoms with Gasteiger partial charge in [0, 0.05) is 10.1 Å². The molecule has 0 aliphatic rings. The molecule has 0 saturated heterocycles. The summed E-state index contributed by atoms with van der Waals surface area (Å²) < 4.78 is 1.31. The van der Waals surface area contributed by atoms with Crippen molar-refractivity contribution in [3.63, 3.8) is 0 Å². The minimum absolute atomic E-state index is 1.06. The molecule has 0 saturated carbocycles. The number of hydrogen-bond donors (Lipinski definition) is 0. The van der Waals surface area contributed by atoms with Crippen LogP contribution in [-0.4, -0.2) is 4.98 Å². The van der Waals surface area contributed by atoms with E-state index in [1.54, 1.807) is 11.3 Å². The van der Waals surface area contributed by atoms with E-state index in [9.17, 15) is 0 Å². The standard InChI is InChI=1S/C18H13NS/c1-12-5-4-7-13-9-10-15(19-18(12)13)17-11-14-6-2-3-8-16(14)20-17/h2-11H,1H3. The number of pyridine rings is 1. The molecule has 0 amide bonds. The first-order chi connectivity index (χ1) is 9.81. The second kappa shape index (κ2) is 4.43. The van der Waals surface area contributed by atoms with Gasteiger partial charge in [0.2, 0.25) is 0 Å². The van der Waals surface area contributed by atoms with Crippen molar-refractivity contribution in [2.24, 2.45) is 0 Å². The smallest absolute Gasteiger partial charge is 0.0809 e. The van der Waals surface area contributed by atoms with E-state index in [0.717, 1.165) is 11.2 Å². The number of nitrogens with zero attached hydrogens (tertiary/aromatic N) is 1. The number of benzene rings is 2. The molecule has 0 aliphatic heterocycles. The largest absolute Gasteiger partial charge is 0.247 e. The lowest BCUT2D eigenvalue weighted by Crippen LogP contribution is -1.85. The molecule has 0 bridgehead atoms. The van der Waals surface area contributed by atoms with E-state index in [0.29, 0.717) is 0 Å². The van der Waals surface area contributed by atoms with Crippen molar-refractivity contribution < 1.29 is 0 Å². The average molecular weight is 275 g/mol. The van der Waals surface area contributed by atoms with Crippen LogP contribution in [0.2, 0.25) is 0 Å². The molecule has 2 aromatic heterocycles. The van der Waals surface area contributed by atoms with Crippen LogP contribution in [0.1, 0.15) is 5.56 Å². The minimum Gasteiger partial charge on any atom is -0.247 e. The monoisotopic (exact) mass is 275 g/mol. The molecule has 0 spiro atoms. The van der Waals surface area contributed by atoms with E-state index in [1.165, 1.54) is 25.9 Å². The number of hydrogen-bond acceptors (Lipinski definition) is 2. The Hall–Kier alpha value is -2.19. The Morgan fingerprint density at radius 1 is 0.850 bits per heavy atom. The summed E-state index contributed by atoms with van der Waals surface area (Å²) in [4.78, 5) is 6.08. The summed E-state index contributed by atoms with van der Waals surface area (Å²) >= 11 is 1.80. The number of para-hydroxylation sites is 1. The number of aryl methyl sites for hydroxylation is 1. The van der Waals surface area contributed by atoms with Crippen LogP contribution in [0, 0.1) is 6.92 Å². The fourth-order valence-electron chi connectivity index (χ4n) is 2.54. The van der Waals surface area contributed by atoms with Gasteiger partial charge in [0.1, 0.15) is 0 Å². The summed E-state index contributed by atoms with van der Waals surface area (Å²) in [5.74, 6) is 0. The SMILES string of the molecule is Cc1cccc2ccc(-c3cc4ccccc4s3)nc12. The molecular weight excluding hydrogens is 262 g/mol. The van der Waals surface area contributed by atoms with E-state index >= 15 is 0 Å². The molecule has 2 heteroatoms. The summed E-state index contributed by atoms with van der Waals surface area (Å²) in [5.41, 5.74) is 3.39. The zero-order valence-corrected chi connectivity index (χ0v) is 11.9. The highest BCUT2D eigenvalue weighted by Gasteiger charge is 2.07. The van der Waals surface area contributed by atoms with Crippen LogP contribution in [0.4, 0.5) is 0 Å². The maximum Gasteiger partial charge on any atom is 0.0809 e. The fraction of sp³-hybridized carbons (Fsp3) is 0.0556. The zero-order valence-electron chi connectivity index (χ0n) is 11.1. The summed E-state index contributed by atoms with van der Waals surface area (Å²) in [6, 6.07) is 21.3. The molecule has 4 rings (SSSR count). The van der Waals surface area contributed by atoms with Crippen molar-refractivity contribution in [1.29, 1.82) is 0 Å². The van der Waals surface area contributed by atoms with Crippen LogP contribution < -0.4 is 0 Å². The summed E-state index contributed by atoms with van der Waals surface area (Å²) in [6.07, 6.45) is 0. The number of thiophene rings is 1. The Morgan fingerprint density at radius 2 is 1.70 bits per heavy atom. The van der Waals surface area contributed by atoms with Crippen molar-refractivity contribution in [2.75, 3.05) is 0 Å². The van der Waals surface area contributed by atoms with Gasteiger partial charge >= 0.3 is 0 Å². The van der Waals surface area contributed by atoms with E-state index in [2.05, 4.69) is 67.6 Å². The van der Waals surface area contributed by atoms with Gasteiger partial charge in [-0.2, -0.15) is 0 Å². The highest BCUT2D eigenvalue weighted by atomic mass is 32.1. The number of aromatic nitrogens is 1. The van der Waals surface area contributed by atoms with Crippen LogP contribution >= 0.6 is 11.3 Å². The van der Waals surface area contributed by atoms with Gasteiger partial charge in [0.15, 0.2) is 0 Å². The van der Waals surface area contributed by atoms with Crippen LogP contribution in [0.25, 0.3) is 31.6 Å². The van der Waals surface area contributed by atoms with Gasteiger partial charge in [0.05, 0.1) is 16.1 Å². The Balaban J connectivity index is 1.95. The molecule has 0 unspecified atom stereocenters. The molecule has 4 aromatic rings. The quantitative estimate of drug-likeness (QED) is 0.451. The maximum absolute atomic E-state index is 4.85. The summed E-state index contributed by atoms with van der Waals surface area (Å²) in [5, 5.41) is 2.49. The third kappa shape index (κ3) is 1.81. The average Bonchev–Trinajstić information content (AvgIpc) is 2.91. The van der Waals surface area contributed by atoms with Crippen LogP contribution in [0.5, 0.6) is 0 Å². The van der Waals surface area contributed by atoms with Gasteiger partial charge in [-0.05, 0) is 36.1 Å². The first kappa shape index (κ1) is 11.6. The van der Waals surface area contributed by atoms with Crippen molar-refractivity contribution in [3.8, 4) is 10.6 Å². The molecule has 0 N–H and O–H groups in total. The Labute approximate surface area is 121 Å². The number of fused-ring (bicyclic) bond motifs is 2. The van der Waals surface area contributed by atoms with Gasteiger partial charge in [-0.15, -0.1) is 11.3 Å². The van der Waals surface area contributed by atoms with Gasteiger partial charge in [-0.1, -0.05) is 42.5 Å². The minimum atomic E-state index is 1.06. The zero-order chi connectivity index (χ0) is 13.5. The van der Waals surface area contributed by atoms with Gasteiger partial charge < -0.3 is 0 Å². The predicted molar refractivity (Wildman–Crippen MR) is 87.3 cm³/mol. The predicted octanol–water partition coefficient (Wildman–Crippen LogP) is 5.42. The normalized spacial score (nSPS) is 11.2. The summed E-state index contributed by atoms with van der Waals surface area (Å²) in [7, 11) is 0. The number of rotatable bonds is 1. The second-order valence-corrected chi connectivity index (χ2v) is 6.08. The highest BCUT2D eigenvalue weighted by Crippen LogP contribution is 2.33. The lowest BCUT2D eigenvalue weighted by molar-refractivity contribution is 1.37. The maximum atomic E-state index is 4.85. The van der Waals surface area contributed by atoms with Crippen LogP contribution in [0.15, 0.2) is 60.7 Å². The van der Waals surface area contributed by atoms with Gasteiger partial charge in [-0.3, -0.25) is 0 Å². The lowest BCUT2D eigenvalue weighted by atomic mass is 10.1. The molecule has 0 radical (unpaired) electrons. The molecule has 0 fully saturated rings. The van der Waals surface area contributed by atoms with E-state index < -0.39 is 0 Å². The van der Waals surface area contributed by atoms with Crippen molar-refractivity contribution in [2.45, 2.75) is 6.92 Å². The molecule has 0 atom stereocenters. The van der Waals surface area contributed by atoms with Gasteiger partial charge in [-0.25, -0.2) is 4.98 Å². The highest BCUT2D eigenvalue weighted by molar-refractivity contribution is 7.22. The lowest BCUT2D eigenvalue weighted by Gasteiger charge is -2.03. The first-order valence-electron chi connectivity index (χ1n) is 6.66. The van der Waals surface area contributed by atoms with E-state index in [-0.39, 0.29) is 0 Å². The Kier molecular flexibility index (Phi) is 2.57. The van der Waals surface area contributed by atoms with Crippen LogP contribution in [-0.2, 0) is 0 Å². The molecule has 1 nitrogen and oxygen atoms in total. The third-order valence-electron chi connectivity index (χ3n) is 3.60. The molecule has 20 heavy (non-hydrogen) atoms. The molecule has 2 heterocycles. The first-order valence-corrected chi connectivity index (χ1v) is 7.48. The molecule has 2 aromatic carbocycles. The molecular formula is C18H13NS. The van der Waals surface area contributed by atoms with E-state index in [4.69, 9.17) is 4.98 Å². The second-order valence-electron chi connectivity index (χ2n) is 4.99. The van der Waals surface area contributed by atoms with Crippen LogP contribution in [0.3, 0.4) is 0 Å². The fourth-order valence-corrected chi connectivity index (χ4v) is 3.57. The third-order valence-corrected chi connectivity index (χ3v) is 4.74. The van der Waals surface area contributed by atoms with Gasteiger partial charge in [0.25, 0.3) is 0 Å². The molecule has 0 aliphatic carbocycles. The Morgan fingerprint density at radius 3 is 2.60 bits per heavy atom. The molecule has 96 valence electrons. The van der Waals surface area contributed by atoms with Crippen molar-refractivity contribution >= 4 is 32.3 Å². The Bertz CT molecular complexity index is 888. The van der Waals surface area contributed by atoms with E-state index in [1.807, 2.05) is 0 Å². The van der Waals surface area contributed by atoms with Crippen molar-refractivity contribution in [1.82, 2.24) is 4.98 Å². The summed E-state index contributed by atoms with van der Waals surface area (Å²) in [6.45, 7) is 2.12. The van der Waals surface area contributed by atoms with Crippen molar-refractivity contribution in [3.05, 3.63) is 66.2 Å². The topological polar surface area (TPSA) is 12.9 Å².